The summed E-state index contributed by atoms with van der Waals surface area (Å²) in [6, 6.07) is 17.0. The highest BCUT2D eigenvalue weighted by Crippen LogP contribution is 2.33. The second-order valence-corrected chi connectivity index (χ2v) is 6.24. The maximum atomic E-state index is 6.35. The van der Waals surface area contributed by atoms with Crippen molar-refractivity contribution >= 4 is 17.3 Å². The van der Waals surface area contributed by atoms with Gasteiger partial charge in [0.25, 0.3) is 0 Å². The molecule has 110 valence electrons. The molecule has 2 nitrogen and oxygen atoms in total. The van der Waals surface area contributed by atoms with E-state index in [1.54, 1.807) is 0 Å². The van der Waals surface area contributed by atoms with Gasteiger partial charge in [-0.15, -0.1) is 0 Å². The van der Waals surface area contributed by atoms with Crippen LogP contribution < -0.4 is 10.6 Å². The van der Waals surface area contributed by atoms with Gasteiger partial charge in [-0.25, -0.2) is 0 Å². The van der Waals surface area contributed by atoms with Crippen LogP contribution in [0.2, 0.25) is 5.02 Å². The third-order valence-corrected chi connectivity index (χ3v) is 4.63. The number of hydrogen-bond acceptors (Lipinski definition) is 2. The third-order valence-electron chi connectivity index (χ3n) is 4.30. The van der Waals surface area contributed by atoms with Gasteiger partial charge >= 0.3 is 0 Å². The minimum Gasteiger partial charge on any atom is -0.371 e. The monoisotopic (exact) mass is 300 g/mol. The second-order valence-electron chi connectivity index (χ2n) is 5.84. The van der Waals surface area contributed by atoms with Gasteiger partial charge in [0.1, 0.15) is 0 Å². The lowest BCUT2D eigenvalue weighted by atomic mass is 9.99. The molecule has 0 amide bonds. The molecule has 2 aromatic rings. The van der Waals surface area contributed by atoms with Crippen LogP contribution in [0.25, 0.3) is 0 Å². The molecule has 21 heavy (non-hydrogen) atoms. The molecule has 2 atom stereocenters. The Hall–Kier alpha value is -1.51. The maximum absolute atomic E-state index is 6.35. The number of hydrogen-bond donors (Lipinski definition) is 1. The Labute approximate surface area is 131 Å². The van der Waals surface area contributed by atoms with Gasteiger partial charge in [-0.05, 0) is 36.6 Å². The van der Waals surface area contributed by atoms with Gasteiger partial charge in [-0.3, -0.25) is 0 Å². The van der Waals surface area contributed by atoms with E-state index in [9.17, 15) is 0 Å². The fourth-order valence-corrected chi connectivity index (χ4v) is 3.42. The molecule has 0 aromatic heterocycles. The van der Waals surface area contributed by atoms with Gasteiger partial charge in [0.2, 0.25) is 0 Å². The SMILES string of the molecule is CC(N)c1ccc(N2CCC(c3ccccc3)C2)cc1Cl. The Morgan fingerprint density at radius 1 is 1.19 bits per heavy atom. The van der Waals surface area contributed by atoms with Crippen molar-refractivity contribution in [3.63, 3.8) is 0 Å². The number of rotatable bonds is 3. The van der Waals surface area contributed by atoms with Crippen molar-refractivity contribution in [1.29, 1.82) is 0 Å². The molecular weight excluding hydrogens is 280 g/mol. The minimum atomic E-state index is -0.0257. The summed E-state index contributed by atoms with van der Waals surface area (Å²) in [5.74, 6) is 0.609. The van der Waals surface area contributed by atoms with Crippen molar-refractivity contribution in [1.82, 2.24) is 0 Å². The van der Waals surface area contributed by atoms with Gasteiger partial charge in [0.15, 0.2) is 0 Å². The molecule has 1 saturated heterocycles. The largest absolute Gasteiger partial charge is 0.371 e. The van der Waals surface area contributed by atoms with E-state index in [-0.39, 0.29) is 6.04 Å². The van der Waals surface area contributed by atoms with Crippen molar-refractivity contribution in [3.8, 4) is 0 Å². The quantitative estimate of drug-likeness (QED) is 0.913. The van der Waals surface area contributed by atoms with Crippen molar-refractivity contribution in [3.05, 3.63) is 64.7 Å². The fourth-order valence-electron chi connectivity index (χ4n) is 3.07. The Morgan fingerprint density at radius 2 is 1.95 bits per heavy atom. The smallest absolute Gasteiger partial charge is 0.0474 e. The molecule has 1 aliphatic heterocycles. The van der Waals surface area contributed by atoms with E-state index in [2.05, 4.69) is 47.4 Å². The summed E-state index contributed by atoms with van der Waals surface area (Å²) in [5.41, 5.74) is 9.56. The average Bonchev–Trinajstić information content (AvgIpc) is 2.97. The Morgan fingerprint density at radius 3 is 2.62 bits per heavy atom. The van der Waals surface area contributed by atoms with Crippen LogP contribution in [0.4, 0.5) is 5.69 Å². The summed E-state index contributed by atoms with van der Waals surface area (Å²) in [6.07, 6.45) is 1.19. The van der Waals surface area contributed by atoms with Crippen LogP contribution in [-0.2, 0) is 0 Å². The highest BCUT2D eigenvalue weighted by atomic mass is 35.5. The molecule has 1 aliphatic rings. The molecule has 0 saturated carbocycles. The highest BCUT2D eigenvalue weighted by Gasteiger charge is 2.24. The van der Waals surface area contributed by atoms with E-state index >= 15 is 0 Å². The van der Waals surface area contributed by atoms with E-state index in [1.165, 1.54) is 17.7 Å². The van der Waals surface area contributed by atoms with E-state index < -0.39 is 0 Å². The molecule has 0 bridgehead atoms. The summed E-state index contributed by atoms with van der Waals surface area (Å²) in [6.45, 7) is 4.09. The van der Waals surface area contributed by atoms with Gasteiger partial charge in [0, 0.05) is 35.8 Å². The Kier molecular flexibility index (Phi) is 4.18. The van der Waals surface area contributed by atoms with E-state index in [0.717, 1.165) is 23.7 Å². The van der Waals surface area contributed by atoms with Crippen LogP contribution in [0.1, 0.15) is 36.4 Å². The molecule has 3 heteroatoms. The molecule has 3 rings (SSSR count). The molecule has 1 fully saturated rings. The van der Waals surface area contributed by atoms with Crippen molar-refractivity contribution < 1.29 is 0 Å². The number of anilines is 1. The predicted molar refractivity (Wildman–Crippen MR) is 90.1 cm³/mol. The van der Waals surface area contributed by atoms with Crippen molar-refractivity contribution in [2.75, 3.05) is 18.0 Å². The Bertz CT molecular complexity index is 610. The molecule has 2 aromatic carbocycles. The Balaban J connectivity index is 1.76. The number of nitrogens with two attached hydrogens (primary N) is 1. The highest BCUT2D eigenvalue weighted by molar-refractivity contribution is 6.31. The number of benzene rings is 2. The van der Waals surface area contributed by atoms with E-state index in [4.69, 9.17) is 17.3 Å². The summed E-state index contributed by atoms with van der Waals surface area (Å²) < 4.78 is 0. The van der Waals surface area contributed by atoms with E-state index in [1.807, 2.05) is 13.0 Å². The molecule has 2 unspecified atom stereocenters. The molecule has 2 N–H and O–H groups in total. The summed E-state index contributed by atoms with van der Waals surface area (Å²) in [5, 5.41) is 0.769. The van der Waals surface area contributed by atoms with Gasteiger partial charge in [0.05, 0.1) is 0 Å². The van der Waals surface area contributed by atoms with Crippen molar-refractivity contribution in [2.45, 2.75) is 25.3 Å². The van der Waals surface area contributed by atoms with Crippen LogP contribution >= 0.6 is 11.6 Å². The fraction of sp³-hybridized carbons (Fsp3) is 0.333. The van der Waals surface area contributed by atoms with Crippen molar-refractivity contribution in [2.24, 2.45) is 5.73 Å². The predicted octanol–water partition coefficient (Wildman–Crippen LogP) is 4.35. The maximum Gasteiger partial charge on any atom is 0.0474 e. The van der Waals surface area contributed by atoms with Gasteiger partial charge in [-0.2, -0.15) is 0 Å². The summed E-state index contributed by atoms with van der Waals surface area (Å²) in [4.78, 5) is 2.41. The van der Waals surface area contributed by atoms with E-state index in [0.29, 0.717) is 5.92 Å². The minimum absolute atomic E-state index is 0.0257. The van der Waals surface area contributed by atoms with Gasteiger partial charge in [-0.1, -0.05) is 48.0 Å². The zero-order valence-electron chi connectivity index (χ0n) is 12.3. The van der Waals surface area contributed by atoms with Crippen LogP contribution in [0.15, 0.2) is 48.5 Å². The lowest BCUT2D eigenvalue weighted by molar-refractivity contribution is 0.775. The molecule has 0 aliphatic carbocycles. The van der Waals surface area contributed by atoms with Crippen LogP contribution in [-0.4, -0.2) is 13.1 Å². The first kappa shape index (κ1) is 14.4. The summed E-state index contributed by atoms with van der Waals surface area (Å²) in [7, 11) is 0. The standard InChI is InChI=1S/C18H21ClN2/c1-13(20)17-8-7-16(11-18(17)19)21-10-9-15(12-21)14-5-3-2-4-6-14/h2-8,11,13,15H,9-10,12,20H2,1H3. The number of halogens is 1. The lowest BCUT2D eigenvalue weighted by Crippen LogP contribution is -2.19. The van der Waals surface area contributed by atoms with Gasteiger partial charge < -0.3 is 10.6 Å². The van der Waals surface area contributed by atoms with Crippen LogP contribution in [0, 0.1) is 0 Å². The zero-order chi connectivity index (χ0) is 14.8. The summed E-state index contributed by atoms with van der Waals surface area (Å²) >= 11 is 6.35. The average molecular weight is 301 g/mol. The molecule has 0 spiro atoms. The number of nitrogens with zero attached hydrogens (tertiary/aromatic N) is 1. The molecule has 1 heterocycles. The third kappa shape index (κ3) is 3.07. The first-order valence-electron chi connectivity index (χ1n) is 7.50. The normalized spacial score (nSPS) is 19.8. The van der Waals surface area contributed by atoms with Crippen LogP contribution in [0.3, 0.4) is 0 Å². The zero-order valence-corrected chi connectivity index (χ0v) is 13.1. The van der Waals surface area contributed by atoms with Crippen LogP contribution in [0.5, 0.6) is 0 Å². The first-order chi connectivity index (χ1) is 10.1. The molecule has 0 radical (unpaired) electrons. The topological polar surface area (TPSA) is 29.3 Å². The first-order valence-corrected chi connectivity index (χ1v) is 7.88. The lowest BCUT2D eigenvalue weighted by Gasteiger charge is -2.20. The second kappa shape index (κ2) is 6.08. The molecular formula is C18H21ClN2.